The molecule has 1 rings (SSSR count). The van der Waals surface area contributed by atoms with Crippen LogP contribution in [0.3, 0.4) is 0 Å². The van der Waals surface area contributed by atoms with Crippen molar-refractivity contribution in [1.82, 2.24) is 10.6 Å². The van der Waals surface area contributed by atoms with Gasteiger partial charge in [0.05, 0.1) is 5.54 Å². The summed E-state index contributed by atoms with van der Waals surface area (Å²) in [5, 5.41) is 15.4. The second kappa shape index (κ2) is 2.25. The molecule has 0 spiro atoms. The van der Waals surface area contributed by atoms with Crippen LogP contribution in [0.15, 0.2) is 0 Å². The summed E-state index contributed by atoms with van der Waals surface area (Å²) in [7, 11) is 0. The van der Waals surface area contributed by atoms with Crippen LogP contribution in [0, 0.1) is 0 Å². The Labute approximate surface area is 55.5 Å². The average Bonchev–Trinajstić information content (AvgIpc) is 1.77. The molecule has 0 amide bonds. The SMILES string of the molecule is CC1(C)NCCNC1O. The number of hydrogen-bond donors (Lipinski definition) is 3. The molecule has 3 heteroatoms. The molecular weight excluding hydrogens is 116 g/mol. The zero-order chi connectivity index (χ0) is 6.91. The third-order valence-corrected chi connectivity index (χ3v) is 1.73. The van der Waals surface area contributed by atoms with Crippen LogP contribution >= 0.6 is 0 Å². The monoisotopic (exact) mass is 130 g/mol. The molecule has 3 N–H and O–H groups in total. The van der Waals surface area contributed by atoms with Crippen molar-refractivity contribution < 1.29 is 5.11 Å². The van der Waals surface area contributed by atoms with Gasteiger partial charge in [0, 0.05) is 13.1 Å². The van der Waals surface area contributed by atoms with Gasteiger partial charge < -0.3 is 10.4 Å². The zero-order valence-corrected chi connectivity index (χ0v) is 5.94. The number of nitrogens with one attached hydrogen (secondary N) is 2. The minimum absolute atomic E-state index is 0.168. The van der Waals surface area contributed by atoms with E-state index in [2.05, 4.69) is 10.6 Å². The lowest BCUT2D eigenvalue weighted by Gasteiger charge is -2.36. The molecular formula is C6H14N2O. The molecule has 1 saturated heterocycles. The fraction of sp³-hybridized carbons (Fsp3) is 1.00. The molecule has 1 heterocycles. The lowest BCUT2D eigenvalue weighted by atomic mass is 10.0. The van der Waals surface area contributed by atoms with Gasteiger partial charge in [-0.2, -0.15) is 0 Å². The molecule has 0 aromatic rings. The second-order valence-corrected chi connectivity index (χ2v) is 3.01. The summed E-state index contributed by atoms with van der Waals surface area (Å²) in [5.74, 6) is 0. The van der Waals surface area contributed by atoms with Gasteiger partial charge >= 0.3 is 0 Å². The molecule has 0 aromatic carbocycles. The number of rotatable bonds is 0. The lowest BCUT2D eigenvalue weighted by molar-refractivity contribution is 0.0321. The van der Waals surface area contributed by atoms with Crippen LogP contribution in [0.25, 0.3) is 0 Å². The molecule has 0 aliphatic carbocycles. The highest BCUT2D eigenvalue weighted by atomic mass is 16.3. The van der Waals surface area contributed by atoms with E-state index in [4.69, 9.17) is 0 Å². The van der Waals surface area contributed by atoms with Gasteiger partial charge in [-0.15, -0.1) is 0 Å². The van der Waals surface area contributed by atoms with Crippen LogP contribution in [-0.4, -0.2) is 30.0 Å². The first-order valence-electron chi connectivity index (χ1n) is 3.29. The van der Waals surface area contributed by atoms with Crippen LogP contribution in [0.5, 0.6) is 0 Å². The van der Waals surface area contributed by atoms with E-state index in [1.165, 1.54) is 0 Å². The molecule has 0 saturated carbocycles. The van der Waals surface area contributed by atoms with Crippen LogP contribution in [0.2, 0.25) is 0 Å². The van der Waals surface area contributed by atoms with Crippen molar-refractivity contribution >= 4 is 0 Å². The third-order valence-electron chi connectivity index (χ3n) is 1.73. The van der Waals surface area contributed by atoms with Crippen molar-refractivity contribution in [2.24, 2.45) is 0 Å². The Morgan fingerprint density at radius 2 is 2.11 bits per heavy atom. The van der Waals surface area contributed by atoms with Gasteiger partial charge in [0.2, 0.25) is 0 Å². The topological polar surface area (TPSA) is 44.3 Å². The Bertz CT molecular complexity index is 103. The summed E-state index contributed by atoms with van der Waals surface area (Å²) < 4.78 is 0. The molecule has 0 radical (unpaired) electrons. The molecule has 0 aromatic heterocycles. The summed E-state index contributed by atoms with van der Waals surface area (Å²) >= 11 is 0. The third kappa shape index (κ3) is 1.41. The van der Waals surface area contributed by atoms with Gasteiger partial charge in [0.15, 0.2) is 0 Å². The molecule has 1 atom stereocenters. The van der Waals surface area contributed by atoms with Crippen LogP contribution in [0.4, 0.5) is 0 Å². The van der Waals surface area contributed by atoms with Crippen molar-refractivity contribution in [3.05, 3.63) is 0 Å². The molecule has 54 valence electrons. The van der Waals surface area contributed by atoms with E-state index in [-0.39, 0.29) is 5.54 Å². The molecule has 0 bridgehead atoms. The van der Waals surface area contributed by atoms with Gasteiger partial charge in [-0.3, -0.25) is 5.32 Å². The maximum Gasteiger partial charge on any atom is 0.122 e. The van der Waals surface area contributed by atoms with E-state index in [9.17, 15) is 5.11 Å². The highest BCUT2D eigenvalue weighted by Gasteiger charge is 2.29. The van der Waals surface area contributed by atoms with Crippen molar-refractivity contribution in [3.8, 4) is 0 Å². The van der Waals surface area contributed by atoms with E-state index in [0.717, 1.165) is 13.1 Å². The van der Waals surface area contributed by atoms with Crippen LogP contribution in [0.1, 0.15) is 13.8 Å². The maximum absolute atomic E-state index is 9.26. The predicted octanol–water partition coefficient (Wildman–Crippen LogP) is -0.724. The Kier molecular flexibility index (Phi) is 1.75. The Hall–Kier alpha value is -0.120. The number of hydrogen-bond acceptors (Lipinski definition) is 3. The zero-order valence-electron chi connectivity index (χ0n) is 5.94. The van der Waals surface area contributed by atoms with Gasteiger partial charge in [-0.25, -0.2) is 0 Å². The molecule has 9 heavy (non-hydrogen) atoms. The Morgan fingerprint density at radius 1 is 1.44 bits per heavy atom. The Balaban J connectivity index is 2.49. The smallest absolute Gasteiger partial charge is 0.122 e. The first-order chi connectivity index (χ1) is 4.13. The van der Waals surface area contributed by atoms with Crippen molar-refractivity contribution in [2.75, 3.05) is 13.1 Å². The van der Waals surface area contributed by atoms with Crippen molar-refractivity contribution in [3.63, 3.8) is 0 Å². The minimum atomic E-state index is -0.411. The average molecular weight is 130 g/mol. The van der Waals surface area contributed by atoms with E-state index in [1.807, 2.05) is 13.8 Å². The predicted molar refractivity (Wildman–Crippen MR) is 36.1 cm³/mol. The first-order valence-corrected chi connectivity index (χ1v) is 3.29. The number of aliphatic hydroxyl groups excluding tert-OH is 1. The molecule has 3 nitrogen and oxygen atoms in total. The van der Waals surface area contributed by atoms with Gasteiger partial charge in [0.1, 0.15) is 6.23 Å². The maximum atomic E-state index is 9.26. The summed E-state index contributed by atoms with van der Waals surface area (Å²) in [4.78, 5) is 0. The van der Waals surface area contributed by atoms with Gasteiger partial charge in [-0.05, 0) is 13.8 Å². The highest BCUT2D eigenvalue weighted by Crippen LogP contribution is 2.08. The number of piperazine rings is 1. The van der Waals surface area contributed by atoms with Gasteiger partial charge in [0.25, 0.3) is 0 Å². The van der Waals surface area contributed by atoms with Crippen molar-refractivity contribution in [1.29, 1.82) is 0 Å². The molecule has 1 fully saturated rings. The van der Waals surface area contributed by atoms with Gasteiger partial charge in [-0.1, -0.05) is 0 Å². The number of aliphatic hydroxyl groups is 1. The largest absolute Gasteiger partial charge is 0.377 e. The fourth-order valence-corrected chi connectivity index (χ4v) is 0.945. The van der Waals surface area contributed by atoms with E-state index in [0.29, 0.717) is 0 Å². The summed E-state index contributed by atoms with van der Waals surface area (Å²) in [6, 6.07) is 0. The molecule has 1 aliphatic heterocycles. The highest BCUT2D eigenvalue weighted by molar-refractivity contribution is 4.88. The van der Waals surface area contributed by atoms with Crippen LogP contribution < -0.4 is 10.6 Å². The molecule has 1 aliphatic rings. The second-order valence-electron chi connectivity index (χ2n) is 3.01. The summed E-state index contributed by atoms with van der Waals surface area (Å²) in [6.07, 6.45) is -0.411. The Morgan fingerprint density at radius 3 is 2.44 bits per heavy atom. The quantitative estimate of drug-likeness (QED) is 0.405. The first kappa shape index (κ1) is 6.99. The van der Waals surface area contributed by atoms with E-state index < -0.39 is 6.23 Å². The standard InChI is InChI=1S/C6H14N2O/c1-6(2)5(9)7-3-4-8-6/h5,7-9H,3-4H2,1-2H3. The fourth-order valence-electron chi connectivity index (χ4n) is 0.945. The van der Waals surface area contributed by atoms with E-state index in [1.54, 1.807) is 0 Å². The molecule has 1 unspecified atom stereocenters. The summed E-state index contributed by atoms with van der Waals surface area (Å²) in [6.45, 7) is 5.74. The lowest BCUT2D eigenvalue weighted by Crippen LogP contribution is -2.62. The minimum Gasteiger partial charge on any atom is -0.377 e. The summed E-state index contributed by atoms with van der Waals surface area (Å²) in [5.41, 5.74) is -0.168. The normalized spacial score (nSPS) is 34.3. The van der Waals surface area contributed by atoms with Crippen molar-refractivity contribution in [2.45, 2.75) is 25.6 Å². The van der Waals surface area contributed by atoms with Crippen LogP contribution in [-0.2, 0) is 0 Å². The van der Waals surface area contributed by atoms with E-state index >= 15 is 0 Å².